The minimum Gasteiger partial charge on any atom is -0.356 e. The Morgan fingerprint density at radius 2 is 2.09 bits per heavy atom. The van der Waals surface area contributed by atoms with Crippen LogP contribution in [0.1, 0.15) is 34.1 Å². The molecule has 1 aliphatic rings. The molecule has 6 nitrogen and oxygen atoms in total. The summed E-state index contributed by atoms with van der Waals surface area (Å²) in [7, 11) is 0. The van der Waals surface area contributed by atoms with E-state index in [1.165, 1.54) is 0 Å². The summed E-state index contributed by atoms with van der Waals surface area (Å²) in [5, 5.41) is 7.20. The van der Waals surface area contributed by atoms with E-state index in [-0.39, 0.29) is 24.2 Å². The molecule has 1 fully saturated rings. The van der Waals surface area contributed by atoms with Crippen molar-refractivity contribution in [3.8, 4) is 0 Å². The lowest BCUT2D eigenvalue weighted by molar-refractivity contribution is -0.126. The van der Waals surface area contributed by atoms with Gasteiger partial charge in [0.25, 0.3) is 0 Å². The van der Waals surface area contributed by atoms with Crippen LogP contribution >= 0.6 is 0 Å². The number of anilines is 1. The summed E-state index contributed by atoms with van der Waals surface area (Å²) >= 11 is 0. The topological polar surface area (TPSA) is 67.2 Å². The number of amides is 2. The number of hydrogen-bond acceptors (Lipinski definition) is 3. The van der Waals surface area contributed by atoms with Crippen molar-refractivity contribution in [2.45, 2.75) is 40.7 Å². The van der Waals surface area contributed by atoms with Crippen LogP contribution in [-0.4, -0.2) is 34.7 Å². The molecule has 2 heterocycles. The van der Waals surface area contributed by atoms with Crippen molar-refractivity contribution < 1.29 is 9.59 Å². The number of nitrogens with zero attached hydrogens (tertiary/aromatic N) is 3. The summed E-state index contributed by atoms with van der Waals surface area (Å²) in [6, 6.07) is 0. The summed E-state index contributed by atoms with van der Waals surface area (Å²) in [6.45, 7) is 10.3. The molecule has 0 saturated carbocycles. The highest BCUT2D eigenvalue weighted by Gasteiger charge is 2.35. The van der Waals surface area contributed by atoms with Crippen molar-refractivity contribution in [2.75, 3.05) is 18.0 Å². The standard InChI is InChI=1S/C16H26N4O2/c1-11(2)6-17-16(22)13-5-15(21)20(9-13)14-7-18-19(10-14)8-12(3)4/h7,10-13H,5-6,8-9H2,1-4H3,(H,17,22)/t13-/m1/s1. The quantitative estimate of drug-likeness (QED) is 0.869. The van der Waals surface area contributed by atoms with Crippen molar-refractivity contribution in [2.24, 2.45) is 17.8 Å². The summed E-state index contributed by atoms with van der Waals surface area (Å²) in [4.78, 5) is 26.0. The van der Waals surface area contributed by atoms with Crippen LogP contribution in [0, 0.1) is 17.8 Å². The van der Waals surface area contributed by atoms with Gasteiger partial charge in [-0.3, -0.25) is 14.3 Å². The molecule has 0 bridgehead atoms. The predicted molar refractivity (Wildman–Crippen MR) is 85.4 cm³/mol. The van der Waals surface area contributed by atoms with Crippen molar-refractivity contribution in [1.29, 1.82) is 0 Å². The lowest BCUT2D eigenvalue weighted by Crippen LogP contribution is -2.34. The van der Waals surface area contributed by atoms with Gasteiger partial charge in [0.1, 0.15) is 0 Å². The third-order valence-electron chi connectivity index (χ3n) is 3.66. The molecule has 2 rings (SSSR count). The maximum absolute atomic E-state index is 12.2. The van der Waals surface area contributed by atoms with Gasteiger partial charge in [-0.25, -0.2) is 0 Å². The van der Waals surface area contributed by atoms with Crippen LogP contribution in [0.15, 0.2) is 12.4 Å². The van der Waals surface area contributed by atoms with Crippen LogP contribution in [0.5, 0.6) is 0 Å². The van der Waals surface area contributed by atoms with E-state index in [1.54, 1.807) is 11.1 Å². The van der Waals surface area contributed by atoms with Crippen molar-refractivity contribution >= 4 is 17.5 Å². The molecule has 1 aliphatic heterocycles. The summed E-state index contributed by atoms with van der Waals surface area (Å²) in [6.07, 6.45) is 3.86. The highest BCUT2D eigenvalue weighted by Crippen LogP contribution is 2.25. The van der Waals surface area contributed by atoms with Gasteiger partial charge >= 0.3 is 0 Å². The maximum Gasteiger partial charge on any atom is 0.227 e. The molecule has 1 aromatic rings. The second-order valence-electron chi connectivity index (χ2n) is 6.86. The van der Waals surface area contributed by atoms with Crippen LogP contribution in [0.25, 0.3) is 0 Å². The maximum atomic E-state index is 12.2. The molecule has 0 unspecified atom stereocenters. The Hall–Kier alpha value is -1.85. The summed E-state index contributed by atoms with van der Waals surface area (Å²) in [5.41, 5.74) is 0.782. The third-order valence-corrected chi connectivity index (χ3v) is 3.66. The smallest absolute Gasteiger partial charge is 0.227 e. The van der Waals surface area contributed by atoms with Gasteiger partial charge in [0.05, 0.1) is 17.8 Å². The second-order valence-corrected chi connectivity index (χ2v) is 6.86. The Balaban J connectivity index is 1.97. The first-order valence-electron chi connectivity index (χ1n) is 7.97. The average Bonchev–Trinajstić information content (AvgIpc) is 3.01. The molecule has 1 saturated heterocycles. The SMILES string of the molecule is CC(C)CNC(=O)[C@@H]1CC(=O)N(c2cnn(CC(C)C)c2)C1. The van der Waals surface area contributed by atoms with E-state index in [0.29, 0.717) is 24.9 Å². The van der Waals surface area contributed by atoms with Gasteiger partial charge in [0, 0.05) is 32.3 Å². The Bertz CT molecular complexity index is 536. The predicted octanol–water partition coefficient (Wildman–Crippen LogP) is 1.66. The zero-order valence-corrected chi connectivity index (χ0v) is 13.9. The fraction of sp³-hybridized carbons (Fsp3) is 0.688. The molecule has 1 N–H and O–H groups in total. The van der Waals surface area contributed by atoms with Crippen LogP contribution < -0.4 is 10.2 Å². The first-order valence-corrected chi connectivity index (χ1v) is 7.97. The lowest BCUT2D eigenvalue weighted by Gasteiger charge is -2.15. The van der Waals surface area contributed by atoms with Crippen LogP contribution in [0.4, 0.5) is 5.69 Å². The number of aromatic nitrogens is 2. The molecule has 0 spiro atoms. The molecule has 6 heteroatoms. The zero-order valence-electron chi connectivity index (χ0n) is 13.9. The average molecular weight is 306 g/mol. The Kier molecular flexibility index (Phi) is 5.21. The fourth-order valence-electron chi connectivity index (χ4n) is 2.55. The molecule has 0 aliphatic carbocycles. The molecule has 0 radical (unpaired) electrons. The molecule has 22 heavy (non-hydrogen) atoms. The third kappa shape index (κ3) is 4.08. The van der Waals surface area contributed by atoms with E-state index in [9.17, 15) is 9.59 Å². The first-order chi connectivity index (χ1) is 10.4. The van der Waals surface area contributed by atoms with Gasteiger partial charge in [0.2, 0.25) is 11.8 Å². The minimum atomic E-state index is -0.264. The largest absolute Gasteiger partial charge is 0.356 e. The van der Waals surface area contributed by atoms with Crippen molar-refractivity contribution in [1.82, 2.24) is 15.1 Å². The minimum absolute atomic E-state index is 0.00575. The Morgan fingerprint density at radius 1 is 1.36 bits per heavy atom. The molecule has 1 atom stereocenters. The number of rotatable bonds is 6. The van der Waals surface area contributed by atoms with E-state index in [1.807, 2.05) is 10.9 Å². The number of nitrogens with one attached hydrogen (secondary N) is 1. The van der Waals surface area contributed by atoms with E-state index in [0.717, 1.165) is 12.2 Å². The Morgan fingerprint density at radius 3 is 2.73 bits per heavy atom. The zero-order chi connectivity index (χ0) is 16.3. The van der Waals surface area contributed by atoms with Gasteiger partial charge in [-0.05, 0) is 11.8 Å². The highest BCUT2D eigenvalue weighted by atomic mass is 16.2. The van der Waals surface area contributed by atoms with E-state index < -0.39 is 0 Å². The lowest BCUT2D eigenvalue weighted by atomic mass is 10.1. The van der Waals surface area contributed by atoms with Gasteiger partial charge < -0.3 is 10.2 Å². The van der Waals surface area contributed by atoms with Gasteiger partial charge in [-0.15, -0.1) is 0 Å². The molecule has 122 valence electrons. The summed E-state index contributed by atoms with van der Waals surface area (Å²) in [5.74, 6) is 0.607. The van der Waals surface area contributed by atoms with Gasteiger partial charge in [-0.2, -0.15) is 5.10 Å². The van der Waals surface area contributed by atoms with Gasteiger partial charge in [-0.1, -0.05) is 27.7 Å². The van der Waals surface area contributed by atoms with Crippen LogP contribution in [0.2, 0.25) is 0 Å². The van der Waals surface area contributed by atoms with Gasteiger partial charge in [0.15, 0.2) is 0 Å². The van der Waals surface area contributed by atoms with Crippen LogP contribution in [0.3, 0.4) is 0 Å². The first kappa shape index (κ1) is 16.5. The molecule has 2 amide bonds. The second kappa shape index (κ2) is 6.94. The van der Waals surface area contributed by atoms with Crippen LogP contribution in [-0.2, 0) is 16.1 Å². The number of carbonyl (C=O) groups is 2. The number of hydrogen-bond donors (Lipinski definition) is 1. The summed E-state index contributed by atoms with van der Waals surface area (Å²) < 4.78 is 1.85. The monoisotopic (exact) mass is 306 g/mol. The van der Waals surface area contributed by atoms with E-state index in [2.05, 4.69) is 38.1 Å². The molecule has 0 aromatic carbocycles. The fourth-order valence-corrected chi connectivity index (χ4v) is 2.55. The number of carbonyl (C=O) groups excluding carboxylic acids is 2. The van der Waals surface area contributed by atoms with E-state index >= 15 is 0 Å². The normalized spacial score (nSPS) is 18.5. The molecule has 1 aromatic heterocycles. The Labute approximate surface area is 131 Å². The highest BCUT2D eigenvalue weighted by molar-refractivity contribution is 6.00. The molecular formula is C16H26N4O2. The van der Waals surface area contributed by atoms with E-state index in [4.69, 9.17) is 0 Å². The molecular weight excluding hydrogens is 280 g/mol. The van der Waals surface area contributed by atoms with Crippen molar-refractivity contribution in [3.05, 3.63) is 12.4 Å². The van der Waals surface area contributed by atoms with Crippen molar-refractivity contribution in [3.63, 3.8) is 0 Å².